The van der Waals surface area contributed by atoms with E-state index in [0.717, 1.165) is 11.1 Å². The van der Waals surface area contributed by atoms with E-state index in [1.807, 2.05) is 6.92 Å². The Bertz CT molecular complexity index is 382. The van der Waals surface area contributed by atoms with Crippen molar-refractivity contribution in [2.45, 2.75) is 6.92 Å². The summed E-state index contributed by atoms with van der Waals surface area (Å²) in [6.45, 7) is 1.92. The third-order valence-electron chi connectivity index (χ3n) is 1.81. The van der Waals surface area contributed by atoms with Crippen LogP contribution in [0.1, 0.15) is 5.56 Å². The van der Waals surface area contributed by atoms with Crippen molar-refractivity contribution >= 4 is 0 Å². The van der Waals surface area contributed by atoms with Crippen molar-refractivity contribution in [3.05, 3.63) is 48.0 Å². The molecule has 2 aromatic rings. The van der Waals surface area contributed by atoms with Crippen LogP contribution in [0.2, 0.25) is 0 Å². The zero-order chi connectivity index (χ0) is 9.97. The van der Waals surface area contributed by atoms with Crippen LogP contribution in [0.25, 0.3) is 11.4 Å². The number of aromatic nitrogens is 2. The van der Waals surface area contributed by atoms with Gasteiger partial charge in [0, 0.05) is 50.9 Å². The molecule has 1 aromatic heterocycles. The molecule has 2 nitrogen and oxygen atoms in total. The van der Waals surface area contributed by atoms with Crippen LogP contribution < -0.4 is 0 Å². The van der Waals surface area contributed by atoms with Gasteiger partial charge in [0.1, 0.15) is 5.82 Å². The molecule has 0 bridgehead atoms. The molecular formula is C11H8FN2Y-. The minimum atomic E-state index is -0.374. The molecule has 0 fully saturated rings. The first-order chi connectivity index (χ1) is 6.75. The van der Waals surface area contributed by atoms with Crippen molar-refractivity contribution in [3.63, 3.8) is 0 Å². The zero-order valence-corrected chi connectivity index (χ0v) is 11.1. The van der Waals surface area contributed by atoms with Gasteiger partial charge in [-0.3, -0.25) is 0 Å². The maximum atomic E-state index is 12.6. The fourth-order valence-corrected chi connectivity index (χ4v) is 1.09. The maximum absolute atomic E-state index is 12.6. The average molecular weight is 276 g/mol. The van der Waals surface area contributed by atoms with Crippen molar-refractivity contribution in [1.82, 2.24) is 9.97 Å². The largest absolute Gasteiger partial charge is 0.249 e. The van der Waals surface area contributed by atoms with E-state index in [0.29, 0.717) is 5.82 Å². The summed E-state index contributed by atoms with van der Waals surface area (Å²) in [6.07, 6.45) is 3.46. The van der Waals surface area contributed by atoms with Gasteiger partial charge in [0.05, 0.1) is 0 Å². The van der Waals surface area contributed by atoms with E-state index in [1.54, 1.807) is 24.5 Å². The SMILES string of the molecule is Cc1cnc(-c2c[c-]c(F)cc2)nc1.[Y]. The van der Waals surface area contributed by atoms with Gasteiger partial charge in [-0.1, -0.05) is 5.56 Å². The Kier molecular flexibility index (Phi) is 4.49. The quantitative estimate of drug-likeness (QED) is 0.747. The van der Waals surface area contributed by atoms with Crippen LogP contribution in [0.3, 0.4) is 0 Å². The minimum Gasteiger partial charge on any atom is -0.249 e. The van der Waals surface area contributed by atoms with Gasteiger partial charge < -0.3 is 0 Å². The van der Waals surface area contributed by atoms with E-state index in [1.165, 1.54) is 6.07 Å². The Morgan fingerprint density at radius 2 is 1.87 bits per heavy atom. The Morgan fingerprint density at radius 3 is 2.40 bits per heavy atom. The molecule has 0 aliphatic rings. The first-order valence-corrected chi connectivity index (χ1v) is 4.22. The monoisotopic (exact) mass is 276 g/mol. The number of benzene rings is 1. The van der Waals surface area contributed by atoms with Crippen LogP contribution in [0.4, 0.5) is 4.39 Å². The molecule has 0 saturated heterocycles. The first-order valence-electron chi connectivity index (χ1n) is 4.22. The molecule has 0 aliphatic heterocycles. The van der Waals surface area contributed by atoms with Crippen LogP contribution >= 0.6 is 0 Å². The van der Waals surface area contributed by atoms with Gasteiger partial charge in [0.15, 0.2) is 0 Å². The topological polar surface area (TPSA) is 25.8 Å². The van der Waals surface area contributed by atoms with Crippen LogP contribution in [-0.4, -0.2) is 9.97 Å². The van der Waals surface area contributed by atoms with Gasteiger partial charge in [-0.2, -0.15) is 12.1 Å². The van der Waals surface area contributed by atoms with Crippen molar-refractivity contribution in [2.24, 2.45) is 0 Å². The summed E-state index contributed by atoms with van der Waals surface area (Å²) < 4.78 is 12.6. The molecule has 4 heteroatoms. The number of hydrogen-bond donors (Lipinski definition) is 0. The zero-order valence-electron chi connectivity index (χ0n) is 8.24. The van der Waals surface area contributed by atoms with E-state index in [-0.39, 0.29) is 38.5 Å². The van der Waals surface area contributed by atoms with E-state index >= 15 is 0 Å². The summed E-state index contributed by atoms with van der Waals surface area (Å²) in [6, 6.07) is 6.99. The molecule has 73 valence electrons. The molecule has 0 amide bonds. The van der Waals surface area contributed by atoms with E-state index in [9.17, 15) is 4.39 Å². The number of nitrogens with zero attached hydrogens (tertiary/aromatic N) is 2. The summed E-state index contributed by atoms with van der Waals surface area (Å²) in [7, 11) is 0. The summed E-state index contributed by atoms with van der Waals surface area (Å²) in [5.41, 5.74) is 1.77. The molecule has 1 aromatic carbocycles. The average Bonchev–Trinajstić information content (AvgIpc) is 2.21. The smallest absolute Gasteiger partial charge is 0.104 e. The predicted octanol–water partition coefficient (Wildman–Crippen LogP) is 2.39. The van der Waals surface area contributed by atoms with E-state index in [4.69, 9.17) is 0 Å². The van der Waals surface area contributed by atoms with Crippen LogP contribution in [0.15, 0.2) is 30.6 Å². The van der Waals surface area contributed by atoms with Gasteiger partial charge in [0.25, 0.3) is 0 Å². The minimum absolute atomic E-state index is 0. The molecule has 0 aliphatic carbocycles. The summed E-state index contributed by atoms with van der Waals surface area (Å²) >= 11 is 0. The summed E-state index contributed by atoms with van der Waals surface area (Å²) in [4.78, 5) is 8.25. The van der Waals surface area contributed by atoms with E-state index < -0.39 is 0 Å². The van der Waals surface area contributed by atoms with Crippen LogP contribution in [-0.2, 0) is 32.7 Å². The van der Waals surface area contributed by atoms with E-state index in [2.05, 4.69) is 16.0 Å². The van der Waals surface area contributed by atoms with Crippen molar-refractivity contribution in [1.29, 1.82) is 0 Å². The van der Waals surface area contributed by atoms with Crippen LogP contribution in [0, 0.1) is 18.8 Å². The van der Waals surface area contributed by atoms with Crippen LogP contribution in [0.5, 0.6) is 0 Å². The third-order valence-corrected chi connectivity index (χ3v) is 1.81. The molecule has 0 N–H and O–H groups in total. The molecule has 1 radical (unpaired) electrons. The second kappa shape index (κ2) is 5.43. The molecule has 0 atom stereocenters. The molecular weight excluding hydrogens is 268 g/mol. The second-order valence-electron chi connectivity index (χ2n) is 3.01. The first kappa shape index (κ1) is 12.4. The molecule has 0 spiro atoms. The van der Waals surface area contributed by atoms with Crippen molar-refractivity contribution < 1.29 is 37.1 Å². The normalized spacial score (nSPS) is 9.47. The number of halogens is 1. The molecule has 2 rings (SSSR count). The molecule has 15 heavy (non-hydrogen) atoms. The van der Waals surface area contributed by atoms with Crippen molar-refractivity contribution in [3.8, 4) is 11.4 Å². The molecule has 1 heterocycles. The Labute approximate surface area is 113 Å². The fraction of sp³-hybridized carbons (Fsp3) is 0.0909. The third kappa shape index (κ3) is 3.15. The molecule has 0 unspecified atom stereocenters. The Balaban J connectivity index is 0.00000112. The summed E-state index contributed by atoms with van der Waals surface area (Å²) in [5.74, 6) is 0.215. The standard InChI is InChI=1S/C11H8FN2.Y/c1-8-6-13-11(14-7-8)9-2-4-10(12)5-3-9;/h2-4,6-7H,1H3;/q-1;. The number of rotatable bonds is 1. The van der Waals surface area contributed by atoms with Gasteiger partial charge in [0.2, 0.25) is 0 Å². The fourth-order valence-electron chi connectivity index (χ4n) is 1.09. The maximum Gasteiger partial charge on any atom is 0.104 e. The molecule has 0 saturated carbocycles. The Morgan fingerprint density at radius 1 is 1.20 bits per heavy atom. The predicted molar refractivity (Wildman–Crippen MR) is 51.0 cm³/mol. The summed E-state index contributed by atoms with van der Waals surface area (Å²) in [5, 5.41) is 0. The number of hydrogen-bond acceptors (Lipinski definition) is 2. The van der Waals surface area contributed by atoms with Gasteiger partial charge in [-0.15, -0.1) is 12.1 Å². The van der Waals surface area contributed by atoms with Gasteiger partial charge >= 0.3 is 0 Å². The van der Waals surface area contributed by atoms with Gasteiger partial charge in [-0.25, -0.2) is 14.4 Å². The second-order valence-corrected chi connectivity index (χ2v) is 3.01. The number of aryl methyl sites for hydroxylation is 1. The Hall–Kier alpha value is -0.666. The van der Waals surface area contributed by atoms with Crippen molar-refractivity contribution in [2.75, 3.05) is 0 Å². The van der Waals surface area contributed by atoms with Gasteiger partial charge in [-0.05, 0) is 12.5 Å².